The standard InChI is InChI=1S/C10H13ClN2O/c11-8-1-3-12-9(5-8)6-13-4-2-10(14)7-13/h1,3,5,10,14H,2,4,6-7H2/t10-/m0/s1. The van der Waals surface area contributed by atoms with Crippen LogP contribution in [0.25, 0.3) is 0 Å². The lowest BCUT2D eigenvalue weighted by Gasteiger charge is -2.13. The number of hydrogen-bond acceptors (Lipinski definition) is 3. The number of rotatable bonds is 2. The second kappa shape index (κ2) is 4.26. The number of nitrogens with zero attached hydrogens (tertiary/aromatic N) is 2. The zero-order valence-corrected chi connectivity index (χ0v) is 8.61. The Hall–Kier alpha value is -0.640. The van der Waals surface area contributed by atoms with Crippen molar-refractivity contribution < 1.29 is 5.11 Å². The van der Waals surface area contributed by atoms with E-state index in [-0.39, 0.29) is 6.10 Å². The smallest absolute Gasteiger partial charge is 0.0679 e. The fourth-order valence-electron chi connectivity index (χ4n) is 1.72. The van der Waals surface area contributed by atoms with Gasteiger partial charge in [0.15, 0.2) is 0 Å². The molecule has 2 rings (SSSR count). The number of halogens is 1. The summed E-state index contributed by atoms with van der Waals surface area (Å²) in [6.45, 7) is 2.46. The minimum Gasteiger partial charge on any atom is -0.392 e. The lowest BCUT2D eigenvalue weighted by atomic mass is 10.3. The maximum atomic E-state index is 9.34. The topological polar surface area (TPSA) is 36.4 Å². The highest BCUT2D eigenvalue weighted by molar-refractivity contribution is 6.30. The van der Waals surface area contributed by atoms with Crippen molar-refractivity contribution in [2.24, 2.45) is 0 Å². The molecule has 0 unspecified atom stereocenters. The van der Waals surface area contributed by atoms with Crippen molar-refractivity contribution >= 4 is 11.6 Å². The predicted octanol–water partition coefficient (Wildman–Crippen LogP) is 1.30. The van der Waals surface area contributed by atoms with Crippen LogP contribution in [-0.2, 0) is 6.54 Å². The summed E-state index contributed by atoms with van der Waals surface area (Å²) in [5.74, 6) is 0. The molecule has 0 spiro atoms. The van der Waals surface area contributed by atoms with Crippen LogP contribution in [0, 0.1) is 0 Å². The van der Waals surface area contributed by atoms with Gasteiger partial charge in [-0.25, -0.2) is 0 Å². The van der Waals surface area contributed by atoms with Crippen molar-refractivity contribution in [1.29, 1.82) is 0 Å². The van der Waals surface area contributed by atoms with Crippen LogP contribution in [0.1, 0.15) is 12.1 Å². The molecular formula is C10H13ClN2O. The average molecular weight is 213 g/mol. The van der Waals surface area contributed by atoms with Crippen LogP contribution >= 0.6 is 11.6 Å². The largest absolute Gasteiger partial charge is 0.392 e. The van der Waals surface area contributed by atoms with Gasteiger partial charge in [0.2, 0.25) is 0 Å². The second-order valence-corrected chi connectivity index (χ2v) is 4.08. The summed E-state index contributed by atoms with van der Waals surface area (Å²) in [6.07, 6.45) is 2.40. The van der Waals surface area contributed by atoms with Crippen LogP contribution in [-0.4, -0.2) is 34.2 Å². The summed E-state index contributed by atoms with van der Waals surface area (Å²) in [6, 6.07) is 3.64. The fourth-order valence-corrected chi connectivity index (χ4v) is 1.90. The fraction of sp³-hybridized carbons (Fsp3) is 0.500. The van der Waals surface area contributed by atoms with Crippen LogP contribution in [0.2, 0.25) is 5.02 Å². The number of aliphatic hydroxyl groups is 1. The van der Waals surface area contributed by atoms with Crippen LogP contribution in [0.3, 0.4) is 0 Å². The molecule has 0 bridgehead atoms. The summed E-state index contributed by atoms with van der Waals surface area (Å²) < 4.78 is 0. The van der Waals surface area contributed by atoms with Crippen LogP contribution in [0.15, 0.2) is 18.3 Å². The van der Waals surface area contributed by atoms with E-state index in [4.69, 9.17) is 11.6 Å². The maximum absolute atomic E-state index is 9.34. The molecule has 3 nitrogen and oxygen atoms in total. The highest BCUT2D eigenvalue weighted by Crippen LogP contribution is 2.14. The Labute approximate surface area is 88.3 Å². The zero-order valence-electron chi connectivity index (χ0n) is 7.86. The quantitative estimate of drug-likeness (QED) is 0.803. The van der Waals surface area contributed by atoms with Crippen molar-refractivity contribution in [3.8, 4) is 0 Å². The molecule has 0 amide bonds. The number of pyridine rings is 1. The molecule has 2 heterocycles. The molecule has 1 saturated heterocycles. The van der Waals surface area contributed by atoms with Crippen LogP contribution in [0.5, 0.6) is 0 Å². The third-order valence-corrected chi connectivity index (χ3v) is 2.65. The van der Waals surface area contributed by atoms with Gasteiger partial charge in [0.05, 0.1) is 11.8 Å². The summed E-state index contributed by atoms with van der Waals surface area (Å²) in [5, 5.41) is 10.1. The highest BCUT2D eigenvalue weighted by Gasteiger charge is 2.20. The Morgan fingerprint density at radius 3 is 3.14 bits per heavy atom. The molecule has 1 fully saturated rings. The van der Waals surface area contributed by atoms with Gasteiger partial charge in [-0.1, -0.05) is 11.6 Å². The lowest BCUT2D eigenvalue weighted by Crippen LogP contribution is -2.21. The molecule has 0 aliphatic carbocycles. The van der Waals surface area contributed by atoms with Crippen molar-refractivity contribution in [3.63, 3.8) is 0 Å². The first-order valence-corrected chi connectivity index (χ1v) is 5.13. The number of hydrogen-bond donors (Lipinski definition) is 1. The second-order valence-electron chi connectivity index (χ2n) is 3.64. The van der Waals surface area contributed by atoms with E-state index in [1.54, 1.807) is 12.3 Å². The molecule has 0 saturated carbocycles. The van der Waals surface area contributed by atoms with Gasteiger partial charge < -0.3 is 5.11 Å². The number of β-amino-alcohol motifs (C(OH)–C–C–N with tert-alkyl or cyclic N) is 1. The lowest BCUT2D eigenvalue weighted by molar-refractivity contribution is 0.174. The third kappa shape index (κ3) is 2.44. The van der Waals surface area contributed by atoms with Gasteiger partial charge in [0.25, 0.3) is 0 Å². The number of aliphatic hydroxyl groups excluding tert-OH is 1. The minimum absolute atomic E-state index is 0.172. The van der Waals surface area contributed by atoms with E-state index in [0.29, 0.717) is 0 Å². The minimum atomic E-state index is -0.172. The van der Waals surface area contributed by atoms with Gasteiger partial charge >= 0.3 is 0 Å². The van der Waals surface area contributed by atoms with Crippen LogP contribution < -0.4 is 0 Å². The third-order valence-electron chi connectivity index (χ3n) is 2.41. The molecule has 1 aromatic heterocycles. The van der Waals surface area contributed by atoms with E-state index in [9.17, 15) is 5.11 Å². The van der Waals surface area contributed by atoms with Crippen molar-refractivity contribution in [2.75, 3.05) is 13.1 Å². The van der Waals surface area contributed by atoms with Crippen molar-refractivity contribution in [1.82, 2.24) is 9.88 Å². The molecular weight excluding hydrogens is 200 g/mol. The SMILES string of the molecule is O[C@H]1CCN(Cc2cc(Cl)ccn2)C1. The van der Waals surface area contributed by atoms with Crippen LogP contribution in [0.4, 0.5) is 0 Å². The van der Waals surface area contributed by atoms with E-state index in [1.807, 2.05) is 6.07 Å². The number of likely N-dealkylation sites (tertiary alicyclic amines) is 1. The molecule has 1 aliphatic rings. The first kappa shape index (κ1) is 9.90. The van der Waals surface area contributed by atoms with Gasteiger partial charge in [-0.3, -0.25) is 9.88 Å². The first-order valence-electron chi connectivity index (χ1n) is 4.75. The Morgan fingerprint density at radius 2 is 2.50 bits per heavy atom. The highest BCUT2D eigenvalue weighted by atomic mass is 35.5. The molecule has 4 heteroatoms. The summed E-state index contributed by atoms with van der Waals surface area (Å²) in [4.78, 5) is 6.40. The molecule has 1 aromatic rings. The van der Waals surface area contributed by atoms with E-state index in [1.165, 1.54) is 0 Å². The Kier molecular flexibility index (Phi) is 3.01. The van der Waals surface area contributed by atoms with Gasteiger partial charge in [0.1, 0.15) is 0 Å². The Bertz CT molecular complexity index is 319. The number of aromatic nitrogens is 1. The van der Waals surface area contributed by atoms with Crippen molar-refractivity contribution in [2.45, 2.75) is 19.1 Å². The molecule has 1 atom stereocenters. The first-order chi connectivity index (χ1) is 6.74. The molecule has 1 aliphatic heterocycles. The summed E-state index contributed by atoms with van der Waals surface area (Å²) in [5.41, 5.74) is 0.964. The molecule has 1 N–H and O–H groups in total. The Morgan fingerprint density at radius 1 is 1.64 bits per heavy atom. The van der Waals surface area contributed by atoms with Gasteiger partial charge in [0, 0.05) is 30.9 Å². The molecule has 76 valence electrons. The molecule has 14 heavy (non-hydrogen) atoms. The van der Waals surface area contributed by atoms with Gasteiger partial charge in [-0.05, 0) is 18.6 Å². The van der Waals surface area contributed by atoms with E-state index < -0.39 is 0 Å². The summed E-state index contributed by atoms with van der Waals surface area (Å²) in [7, 11) is 0. The zero-order chi connectivity index (χ0) is 9.97. The van der Waals surface area contributed by atoms with E-state index >= 15 is 0 Å². The monoisotopic (exact) mass is 212 g/mol. The molecule has 0 aromatic carbocycles. The summed E-state index contributed by atoms with van der Waals surface area (Å²) >= 11 is 5.85. The van der Waals surface area contributed by atoms with E-state index in [2.05, 4.69) is 9.88 Å². The van der Waals surface area contributed by atoms with Gasteiger partial charge in [-0.15, -0.1) is 0 Å². The van der Waals surface area contributed by atoms with E-state index in [0.717, 1.165) is 36.8 Å². The average Bonchev–Trinajstić information content (AvgIpc) is 2.51. The van der Waals surface area contributed by atoms with Crippen molar-refractivity contribution in [3.05, 3.63) is 29.0 Å². The Balaban J connectivity index is 1.97. The molecule has 0 radical (unpaired) electrons. The predicted molar refractivity (Wildman–Crippen MR) is 55.1 cm³/mol. The van der Waals surface area contributed by atoms with Gasteiger partial charge in [-0.2, -0.15) is 0 Å². The normalized spacial score (nSPS) is 22.9. The maximum Gasteiger partial charge on any atom is 0.0679 e.